The van der Waals surface area contributed by atoms with Crippen molar-refractivity contribution in [3.63, 3.8) is 0 Å². The number of hydrogen-bond donors (Lipinski definition) is 2. The molecule has 21 heavy (non-hydrogen) atoms. The van der Waals surface area contributed by atoms with E-state index in [9.17, 15) is 5.11 Å². The summed E-state index contributed by atoms with van der Waals surface area (Å²) in [6, 6.07) is 16.8. The van der Waals surface area contributed by atoms with Crippen LogP contribution in [0.25, 0.3) is 0 Å². The second-order valence-electron chi connectivity index (χ2n) is 4.50. The Bertz CT molecular complexity index is 611. The summed E-state index contributed by atoms with van der Waals surface area (Å²) in [5.74, 6) is 0.237. The minimum atomic E-state index is 0.237. The van der Waals surface area contributed by atoms with Crippen molar-refractivity contribution in [3.8, 4) is 5.75 Å². The van der Waals surface area contributed by atoms with E-state index in [2.05, 4.69) is 10.4 Å². The lowest BCUT2D eigenvalue weighted by Crippen LogP contribution is -2.33. The van der Waals surface area contributed by atoms with Crippen LogP contribution < -0.4 is 5.32 Å². The monoisotopic (exact) mass is 299 g/mol. The van der Waals surface area contributed by atoms with Crippen molar-refractivity contribution in [2.45, 2.75) is 6.54 Å². The Morgan fingerprint density at radius 3 is 2.52 bits per heavy atom. The molecule has 0 aliphatic carbocycles. The topological polar surface area (TPSA) is 47.9 Å². The number of phenols is 1. The third-order valence-electron chi connectivity index (χ3n) is 2.85. The van der Waals surface area contributed by atoms with Crippen LogP contribution in [0.15, 0.2) is 59.7 Å². The first-order valence-corrected chi connectivity index (χ1v) is 6.94. The fourth-order valence-electron chi connectivity index (χ4n) is 1.65. The fourth-order valence-corrected chi connectivity index (χ4v) is 1.77. The molecule has 2 aromatic rings. The Morgan fingerprint density at radius 1 is 1.19 bits per heavy atom. The molecule has 4 nitrogen and oxygen atoms in total. The van der Waals surface area contributed by atoms with E-state index in [4.69, 9.17) is 12.2 Å². The molecule has 0 unspecified atom stereocenters. The summed E-state index contributed by atoms with van der Waals surface area (Å²) < 4.78 is 0. The number of thiocarbonyl (C=S) groups is 1. The summed E-state index contributed by atoms with van der Waals surface area (Å²) in [5.41, 5.74) is 2.06. The van der Waals surface area contributed by atoms with Crippen LogP contribution in [0.5, 0.6) is 5.75 Å². The summed E-state index contributed by atoms with van der Waals surface area (Å²) in [5, 5.41) is 18.8. The average molecular weight is 299 g/mol. The van der Waals surface area contributed by atoms with Crippen molar-refractivity contribution in [2.75, 3.05) is 7.05 Å². The number of hydrogen-bond acceptors (Lipinski definition) is 3. The third-order valence-corrected chi connectivity index (χ3v) is 3.26. The van der Waals surface area contributed by atoms with Crippen molar-refractivity contribution in [3.05, 3.63) is 65.7 Å². The molecule has 0 saturated carbocycles. The highest BCUT2D eigenvalue weighted by atomic mass is 32.1. The maximum Gasteiger partial charge on any atom is 0.189 e. The molecule has 108 valence electrons. The Morgan fingerprint density at radius 2 is 1.86 bits per heavy atom. The normalized spacial score (nSPS) is 10.5. The zero-order valence-electron chi connectivity index (χ0n) is 11.7. The van der Waals surface area contributed by atoms with Crippen LogP contribution in [0.4, 0.5) is 0 Å². The van der Waals surface area contributed by atoms with Crippen LogP contribution in [0.2, 0.25) is 0 Å². The van der Waals surface area contributed by atoms with Gasteiger partial charge in [-0.2, -0.15) is 5.10 Å². The summed E-state index contributed by atoms with van der Waals surface area (Å²) in [6.45, 7) is 0.665. The number of aromatic hydroxyl groups is 1. The zero-order valence-corrected chi connectivity index (χ0v) is 12.5. The van der Waals surface area contributed by atoms with Gasteiger partial charge in [0.05, 0.1) is 6.21 Å². The highest BCUT2D eigenvalue weighted by molar-refractivity contribution is 7.80. The molecule has 0 fully saturated rings. The lowest BCUT2D eigenvalue weighted by molar-refractivity contribution is 0.475. The molecule has 0 saturated heterocycles. The van der Waals surface area contributed by atoms with Gasteiger partial charge < -0.3 is 10.4 Å². The molecule has 0 radical (unpaired) electrons. The van der Waals surface area contributed by atoms with Gasteiger partial charge in [-0.3, -0.25) is 0 Å². The fraction of sp³-hybridized carbons (Fsp3) is 0.125. The van der Waals surface area contributed by atoms with E-state index in [0.717, 1.165) is 11.1 Å². The lowest BCUT2D eigenvalue weighted by Gasteiger charge is -2.15. The predicted octanol–water partition coefficient (Wildman–Crippen LogP) is 2.73. The Hall–Kier alpha value is -2.40. The van der Waals surface area contributed by atoms with Crippen LogP contribution in [-0.2, 0) is 6.54 Å². The summed E-state index contributed by atoms with van der Waals surface area (Å²) in [4.78, 5) is 0. The summed E-state index contributed by atoms with van der Waals surface area (Å²) in [7, 11) is 1.79. The number of rotatable bonds is 4. The zero-order chi connectivity index (χ0) is 15.1. The van der Waals surface area contributed by atoms with Crippen LogP contribution >= 0.6 is 12.2 Å². The van der Waals surface area contributed by atoms with Crippen LogP contribution in [-0.4, -0.2) is 28.5 Å². The Kier molecular flexibility index (Phi) is 5.29. The van der Waals surface area contributed by atoms with Crippen molar-refractivity contribution in [1.29, 1.82) is 0 Å². The maximum atomic E-state index is 9.21. The van der Waals surface area contributed by atoms with Gasteiger partial charge in [0.25, 0.3) is 0 Å². The van der Waals surface area contributed by atoms with Gasteiger partial charge in [0.15, 0.2) is 5.11 Å². The Balaban J connectivity index is 1.86. The van der Waals surface area contributed by atoms with Crippen molar-refractivity contribution in [1.82, 2.24) is 10.3 Å². The molecule has 0 atom stereocenters. The molecule has 5 heteroatoms. The molecular formula is C16H17N3OS. The van der Waals surface area contributed by atoms with Gasteiger partial charge in [0.2, 0.25) is 0 Å². The highest BCUT2D eigenvalue weighted by Gasteiger charge is 2.01. The van der Waals surface area contributed by atoms with E-state index in [-0.39, 0.29) is 5.75 Å². The van der Waals surface area contributed by atoms with E-state index < -0.39 is 0 Å². The first kappa shape index (κ1) is 15.0. The van der Waals surface area contributed by atoms with Gasteiger partial charge >= 0.3 is 0 Å². The summed E-state index contributed by atoms with van der Waals surface area (Å²) >= 11 is 5.27. The summed E-state index contributed by atoms with van der Waals surface area (Å²) in [6.07, 6.45) is 1.69. The van der Waals surface area contributed by atoms with E-state index >= 15 is 0 Å². The number of benzene rings is 2. The average Bonchev–Trinajstić information content (AvgIpc) is 2.52. The van der Waals surface area contributed by atoms with Gasteiger partial charge in [-0.15, -0.1) is 0 Å². The standard InChI is InChI=1S/C16H17N3OS/c1-19(18-12-14-7-9-15(20)10-8-14)16(21)17-11-13-5-3-2-4-6-13/h2-10,12,20H,11H2,1H3,(H,17,21)/b18-12+. The van der Waals surface area contributed by atoms with Gasteiger partial charge in [0.1, 0.15) is 5.75 Å². The SMILES string of the molecule is CN(/N=C/c1ccc(O)cc1)C(=S)NCc1ccccc1. The number of nitrogens with zero attached hydrogens (tertiary/aromatic N) is 2. The lowest BCUT2D eigenvalue weighted by atomic mass is 10.2. The smallest absolute Gasteiger partial charge is 0.189 e. The number of nitrogens with one attached hydrogen (secondary N) is 1. The maximum absolute atomic E-state index is 9.21. The molecular weight excluding hydrogens is 282 g/mol. The van der Waals surface area contributed by atoms with E-state index in [0.29, 0.717) is 11.7 Å². The molecule has 0 amide bonds. The largest absolute Gasteiger partial charge is 0.508 e. The first-order chi connectivity index (χ1) is 10.1. The minimum absolute atomic E-state index is 0.237. The van der Waals surface area contributed by atoms with Gasteiger partial charge in [-0.25, -0.2) is 5.01 Å². The second-order valence-corrected chi connectivity index (χ2v) is 4.89. The molecule has 0 bridgehead atoms. The van der Waals surface area contributed by atoms with Crippen molar-refractivity contribution >= 4 is 23.5 Å². The molecule has 0 aromatic heterocycles. The van der Waals surface area contributed by atoms with Crippen LogP contribution in [0.1, 0.15) is 11.1 Å². The first-order valence-electron chi connectivity index (χ1n) is 6.53. The Labute approximate surface area is 129 Å². The minimum Gasteiger partial charge on any atom is -0.508 e. The molecule has 0 spiro atoms. The van der Waals surface area contributed by atoms with Crippen LogP contribution in [0.3, 0.4) is 0 Å². The van der Waals surface area contributed by atoms with Gasteiger partial charge in [-0.1, -0.05) is 30.3 Å². The molecule has 2 aromatic carbocycles. The third kappa shape index (κ3) is 4.89. The van der Waals surface area contributed by atoms with E-state index in [1.165, 1.54) is 0 Å². The van der Waals surface area contributed by atoms with Gasteiger partial charge in [-0.05, 0) is 47.6 Å². The molecule has 0 aliphatic rings. The number of phenolic OH excluding ortho intramolecular Hbond substituents is 1. The highest BCUT2D eigenvalue weighted by Crippen LogP contribution is 2.08. The molecule has 0 aliphatic heterocycles. The van der Waals surface area contributed by atoms with E-state index in [1.807, 2.05) is 30.3 Å². The molecule has 2 rings (SSSR count). The number of hydrazone groups is 1. The van der Waals surface area contributed by atoms with Crippen molar-refractivity contribution in [2.24, 2.45) is 5.10 Å². The predicted molar refractivity (Wildman–Crippen MR) is 89.3 cm³/mol. The van der Waals surface area contributed by atoms with Crippen molar-refractivity contribution < 1.29 is 5.11 Å². The molecule has 0 heterocycles. The van der Waals surface area contributed by atoms with E-state index in [1.54, 1.807) is 42.5 Å². The second kappa shape index (κ2) is 7.40. The quantitative estimate of drug-likeness (QED) is 0.518. The molecule has 2 N–H and O–H groups in total. The van der Waals surface area contributed by atoms with Crippen LogP contribution in [0, 0.1) is 0 Å². The van der Waals surface area contributed by atoms with Gasteiger partial charge in [0, 0.05) is 13.6 Å².